The molecule has 0 radical (unpaired) electrons. The number of hydrogen-bond donors (Lipinski definition) is 1. The summed E-state index contributed by atoms with van der Waals surface area (Å²) >= 11 is 0. The van der Waals surface area contributed by atoms with Crippen molar-refractivity contribution in [3.8, 4) is 0 Å². The summed E-state index contributed by atoms with van der Waals surface area (Å²) in [5.74, 6) is -1.10. The number of anilines is 1. The molecular formula is C14H17NO6S. The lowest BCUT2D eigenvalue weighted by Crippen LogP contribution is -2.27. The first-order valence-electron chi connectivity index (χ1n) is 6.74. The van der Waals surface area contributed by atoms with Crippen LogP contribution in [-0.4, -0.2) is 45.9 Å². The maximum absolute atomic E-state index is 11.7. The van der Waals surface area contributed by atoms with E-state index in [2.05, 4.69) is 5.32 Å². The highest BCUT2D eigenvalue weighted by Crippen LogP contribution is 2.16. The van der Waals surface area contributed by atoms with Gasteiger partial charge in [-0.2, -0.15) is 0 Å². The summed E-state index contributed by atoms with van der Waals surface area (Å²) in [6.07, 6.45) is 1.87. The van der Waals surface area contributed by atoms with E-state index in [1.165, 1.54) is 18.2 Å². The molecule has 1 aliphatic rings. The van der Waals surface area contributed by atoms with Gasteiger partial charge >= 0.3 is 5.97 Å². The molecule has 0 aliphatic carbocycles. The Kier molecular flexibility index (Phi) is 5.15. The van der Waals surface area contributed by atoms with Crippen LogP contribution in [0.1, 0.15) is 12.8 Å². The molecule has 22 heavy (non-hydrogen) atoms. The molecule has 1 amide bonds. The van der Waals surface area contributed by atoms with Gasteiger partial charge in [-0.25, -0.2) is 13.2 Å². The van der Waals surface area contributed by atoms with Gasteiger partial charge in [0.2, 0.25) is 0 Å². The molecular weight excluding hydrogens is 310 g/mol. The van der Waals surface area contributed by atoms with Crippen LogP contribution in [0.3, 0.4) is 0 Å². The van der Waals surface area contributed by atoms with Crippen molar-refractivity contribution in [1.82, 2.24) is 0 Å². The van der Waals surface area contributed by atoms with Crippen molar-refractivity contribution in [3.63, 3.8) is 0 Å². The fraction of sp³-hybridized carbons (Fsp3) is 0.429. The smallest absolute Gasteiger partial charge is 0.335 e. The Bertz CT molecular complexity index is 664. The summed E-state index contributed by atoms with van der Waals surface area (Å²) in [5, 5.41) is 2.48. The van der Waals surface area contributed by atoms with Gasteiger partial charge in [0.15, 0.2) is 22.5 Å². The van der Waals surface area contributed by atoms with E-state index in [0.717, 1.165) is 12.7 Å². The highest BCUT2D eigenvalue weighted by molar-refractivity contribution is 7.90. The predicted octanol–water partition coefficient (Wildman–Crippen LogP) is 0.751. The average Bonchev–Trinajstić information content (AvgIpc) is 2.98. The molecule has 0 saturated carbocycles. The molecule has 1 atom stereocenters. The molecule has 1 heterocycles. The summed E-state index contributed by atoms with van der Waals surface area (Å²) in [7, 11) is -3.35. The van der Waals surface area contributed by atoms with Crippen molar-refractivity contribution in [3.05, 3.63) is 24.3 Å². The Morgan fingerprint density at radius 3 is 2.82 bits per heavy atom. The number of rotatable bonds is 5. The number of nitrogens with one attached hydrogen (secondary N) is 1. The maximum Gasteiger partial charge on any atom is 0.335 e. The third-order valence-corrected chi connectivity index (χ3v) is 4.19. The number of sulfone groups is 1. The van der Waals surface area contributed by atoms with Crippen molar-refractivity contribution in [2.24, 2.45) is 0 Å². The van der Waals surface area contributed by atoms with Crippen molar-refractivity contribution in [2.75, 3.05) is 24.8 Å². The van der Waals surface area contributed by atoms with E-state index in [1.54, 1.807) is 6.07 Å². The van der Waals surface area contributed by atoms with E-state index in [0.29, 0.717) is 18.7 Å². The lowest BCUT2D eigenvalue weighted by Gasteiger charge is -2.10. The molecule has 1 aromatic rings. The molecule has 120 valence electrons. The average molecular weight is 327 g/mol. The van der Waals surface area contributed by atoms with Crippen LogP contribution in [0.5, 0.6) is 0 Å². The number of carbonyl (C=O) groups is 2. The van der Waals surface area contributed by atoms with Crippen LogP contribution in [0.4, 0.5) is 5.69 Å². The number of carbonyl (C=O) groups excluding carboxylic acids is 2. The van der Waals surface area contributed by atoms with E-state index in [1.807, 2.05) is 0 Å². The molecule has 0 aromatic heterocycles. The van der Waals surface area contributed by atoms with E-state index in [9.17, 15) is 18.0 Å². The largest absolute Gasteiger partial charge is 0.454 e. The third kappa shape index (κ3) is 4.54. The van der Waals surface area contributed by atoms with Crippen LogP contribution in [0.2, 0.25) is 0 Å². The minimum absolute atomic E-state index is 0.0988. The van der Waals surface area contributed by atoms with Crippen LogP contribution in [0.15, 0.2) is 29.2 Å². The van der Waals surface area contributed by atoms with Gasteiger partial charge in [0.05, 0.1) is 4.90 Å². The number of amides is 1. The summed E-state index contributed by atoms with van der Waals surface area (Å²) < 4.78 is 32.9. The molecule has 8 heteroatoms. The number of ether oxygens (including phenoxy) is 2. The van der Waals surface area contributed by atoms with Gasteiger partial charge in [-0.15, -0.1) is 0 Å². The van der Waals surface area contributed by atoms with Crippen LogP contribution in [0, 0.1) is 0 Å². The van der Waals surface area contributed by atoms with Gasteiger partial charge in [-0.05, 0) is 31.0 Å². The Morgan fingerprint density at radius 1 is 1.41 bits per heavy atom. The SMILES string of the molecule is CS(=O)(=O)c1cccc(NC(=O)COC(=O)[C@H]2CCCO2)c1. The Morgan fingerprint density at radius 2 is 2.18 bits per heavy atom. The molecule has 0 bridgehead atoms. The molecule has 1 aliphatic heterocycles. The third-order valence-electron chi connectivity index (χ3n) is 3.08. The quantitative estimate of drug-likeness (QED) is 0.801. The lowest BCUT2D eigenvalue weighted by atomic mass is 10.2. The Balaban J connectivity index is 1.88. The summed E-state index contributed by atoms with van der Waals surface area (Å²) in [6, 6.07) is 5.84. The zero-order valence-electron chi connectivity index (χ0n) is 12.1. The maximum atomic E-state index is 11.7. The van der Waals surface area contributed by atoms with Crippen LogP contribution >= 0.6 is 0 Å². The molecule has 2 rings (SSSR count). The monoisotopic (exact) mass is 327 g/mol. The normalized spacial score (nSPS) is 18.0. The van der Waals surface area contributed by atoms with Gasteiger partial charge < -0.3 is 14.8 Å². The van der Waals surface area contributed by atoms with Crippen molar-refractivity contribution < 1.29 is 27.5 Å². The molecule has 0 unspecified atom stereocenters. The summed E-state index contributed by atoms with van der Waals surface area (Å²) in [4.78, 5) is 23.4. The highest BCUT2D eigenvalue weighted by Gasteiger charge is 2.25. The topological polar surface area (TPSA) is 98.8 Å². The first kappa shape index (κ1) is 16.4. The second kappa shape index (κ2) is 6.89. The lowest BCUT2D eigenvalue weighted by molar-refractivity contribution is -0.156. The Hall–Kier alpha value is -1.93. The number of benzene rings is 1. The highest BCUT2D eigenvalue weighted by atomic mass is 32.2. The molecule has 1 N–H and O–H groups in total. The van der Waals surface area contributed by atoms with Crippen LogP contribution < -0.4 is 5.32 Å². The molecule has 1 fully saturated rings. The second-order valence-electron chi connectivity index (χ2n) is 4.96. The van der Waals surface area contributed by atoms with E-state index in [4.69, 9.17) is 9.47 Å². The van der Waals surface area contributed by atoms with Gasteiger partial charge in [0.1, 0.15) is 0 Å². The Labute approximate surface area is 128 Å². The van der Waals surface area contributed by atoms with Gasteiger partial charge in [0, 0.05) is 18.6 Å². The zero-order valence-corrected chi connectivity index (χ0v) is 12.9. The van der Waals surface area contributed by atoms with Gasteiger partial charge in [-0.1, -0.05) is 6.07 Å². The number of hydrogen-bond acceptors (Lipinski definition) is 6. The summed E-state index contributed by atoms with van der Waals surface area (Å²) in [5.41, 5.74) is 0.320. The van der Waals surface area contributed by atoms with E-state index >= 15 is 0 Å². The standard InChI is InChI=1S/C14H17NO6S/c1-22(18,19)11-5-2-4-10(8-11)15-13(16)9-21-14(17)12-6-3-7-20-12/h2,4-5,8,12H,3,6-7,9H2,1H3,(H,15,16)/t12-/m1/s1. The first-order valence-corrected chi connectivity index (χ1v) is 8.63. The second-order valence-corrected chi connectivity index (χ2v) is 6.97. The molecule has 1 saturated heterocycles. The fourth-order valence-corrected chi connectivity index (χ4v) is 2.66. The van der Waals surface area contributed by atoms with Gasteiger partial charge in [-0.3, -0.25) is 4.79 Å². The van der Waals surface area contributed by atoms with Crippen molar-refractivity contribution >= 4 is 27.4 Å². The summed E-state index contributed by atoms with van der Waals surface area (Å²) in [6.45, 7) is 0.0754. The van der Waals surface area contributed by atoms with E-state index < -0.39 is 34.4 Å². The molecule has 1 aromatic carbocycles. The van der Waals surface area contributed by atoms with Crippen molar-refractivity contribution in [2.45, 2.75) is 23.8 Å². The molecule has 7 nitrogen and oxygen atoms in total. The number of esters is 1. The van der Waals surface area contributed by atoms with Crippen molar-refractivity contribution in [1.29, 1.82) is 0 Å². The zero-order chi connectivity index (χ0) is 16.2. The van der Waals surface area contributed by atoms with E-state index in [-0.39, 0.29) is 4.90 Å². The predicted molar refractivity (Wildman–Crippen MR) is 78.1 cm³/mol. The van der Waals surface area contributed by atoms with Crippen LogP contribution in [0.25, 0.3) is 0 Å². The van der Waals surface area contributed by atoms with Gasteiger partial charge in [0.25, 0.3) is 5.91 Å². The minimum atomic E-state index is -3.35. The minimum Gasteiger partial charge on any atom is -0.454 e. The fourth-order valence-electron chi connectivity index (χ4n) is 1.99. The molecule has 0 spiro atoms. The first-order chi connectivity index (χ1) is 10.4. The van der Waals surface area contributed by atoms with Crippen LogP contribution in [-0.2, 0) is 28.9 Å².